The summed E-state index contributed by atoms with van der Waals surface area (Å²) < 4.78 is 122. The van der Waals surface area contributed by atoms with Gasteiger partial charge >= 0.3 is 18.3 Å². The van der Waals surface area contributed by atoms with Crippen LogP contribution in [0, 0.1) is 5.82 Å². The van der Waals surface area contributed by atoms with E-state index in [1.807, 2.05) is 0 Å². The summed E-state index contributed by atoms with van der Waals surface area (Å²) >= 11 is 0. The van der Waals surface area contributed by atoms with Crippen molar-refractivity contribution in [3.63, 3.8) is 0 Å². The first-order valence-electron chi connectivity index (χ1n) is 13.3. The van der Waals surface area contributed by atoms with Crippen LogP contribution in [0.2, 0.25) is 0 Å². The van der Waals surface area contributed by atoms with E-state index in [4.69, 9.17) is 0 Å². The van der Waals surface area contributed by atoms with Gasteiger partial charge in [-0.15, -0.1) is 0 Å². The Morgan fingerprint density at radius 1 is 1.04 bits per heavy atom. The molecule has 5 heterocycles. The molecule has 2 aliphatic heterocycles. The largest absolute Gasteiger partial charge is 0.505 e. The van der Waals surface area contributed by atoms with E-state index in [2.05, 4.69) is 25.3 Å². The van der Waals surface area contributed by atoms with Gasteiger partial charge in [0, 0.05) is 25.0 Å². The van der Waals surface area contributed by atoms with E-state index in [1.165, 1.54) is 36.0 Å². The molecule has 3 aromatic heterocycles. The number of imidazole rings is 1. The van der Waals surface area contributed by atoms with Gasteiger partial charge in [-0.1, -0.05) is 6.07 Å². The van der Waals surface area contributed by atoms with E-state index >= 15 is 0 Å². The SMILES string of the molecule is C[C@]1(c2ccc(F)c(O)c2)C(=O)Nc2nc(-c3cn4ccnc4c(CCC(F)(F)C(F)(F)F)n3)nc(N3CC(O)(C(F)(F)F)C3)c21. The number of aryl methyl sites for hydroxylation is 1. The summed E-state index contributed by atoms with van der Waals surface area (Å²) in [5.41, 5.74) is -5.62. The van der Waals surface area contributed by atoms with Gasteiger partial charge in [-0.2, -0.15) is 35.1 Å². The topological polar surface area (TPSA) is 129 Å². The Balaban J connectivity index is 1.50. The number of nitrogens with zero attached hydrogens (tertiary/aromatic N) is 6. The Hall–Kier alpha value is -4.68. The van der Waals surface area contributed by atoms with Gasteiger partial charge in [-0.05, 0) is 31.0 Å². The molecule has 46 heavy (non-hydrogen) atoms. The summed E-state index contributed by atoms with van der Waals surface area (Å²) in [5.74, 6) is -8.59. The van der Waals surface area contributed by atoms with Gasteiger partial charge in [-0.3, -0.25) is 4.79 Å². The molecule has 0 aliphatic carbocycles. The third-order valence-electron chi connectivity index (χ3n) is 8.09. The smallest absolute Gasteiger partial charge is 0.453 e. The quantitative estimate of drug-likeness (QED) is 0.257. The van der Waals surface area contributed by atoms with E-state index in [0.717, 1.165) is 17.0 Å². The van der Waals surface area contributed by atoms with Crippen molar-refractivity contribution in [1.29, 1.82) is 0 Å². The third-order valence-corrected chi connectivity index (χ3v) is 8.09. The molecule has 2 aliphatic rings. The van der Waals surface area contributed by atoms with E-state index < -0.39 is 72.7 Å². The molecule has 1 fully saturated rings. The molecule has 0 spiro atoms. The summed E-state index contributed by atoms with van der Waals surface area (Å²) in [6.45, 7) is -0.716. The van der Waals surface area contributed by atoms with Gasteiger partial charge in [-0.25, -0.2) is 24.3 Å². The van der Waals surface area contributed by atoms with E-state index in [9.17, 15) is 54.5 Å². The second-order valence-corrected chi connectivity index (χ2v) is 11.2. The third kappa shape index (κ3) is 4.74. The van der Waals surface area contributed by atoms with Crippen LogP contribution in [-0.2, 0) is 16.6 Å². The number of anilines is 2. The van der Waals surface area contributed by atoms with Crippen LogP contribution < -0.4 is 10.2 Å². The molecule has 4 aromatic rings. The Bertz CT molecular complexity index is 1890. The number of carbonyl (C=O) groups excluding carboxylic acids is 1. The van der Waals surface area contributed by atoms with Crippen LogP contribution in [0.3, 0.4) is 0 Å². The average Bonchev–Trinajstić information content (AvgIpc) is 3.52. The molecule has 3 N–H and O–H groups in total. The van der Waals surface area contributed by atoms with E-state index in [-0.39, 0.29) is 45.6 Å². The zero-order valence-corrected chi connectivity index (χ0v) is 23.2. The molecule has 0 saturated carbocycles. The number of fused-ring (bicyclic) bond motifs is 2. The molecule has 1 saturated heterocycles. The minimum atomic E-state index is -5.82. The molecule has 19 heteroatoms. The van der Waals surface area contributed by atoms with Crippen LogP contribution in [0.5, 0.6) is 5.75 Å². The number of phenols is 1. The number of β-amino-alcohol motifs (C(OH)–C–C–N with tert-alkyl or cyclic N) is 1. The summed E-state index contributed by atoms with van der Waals surface area (Å²) in [6, 6.07) is 2.98. The Labute approximate surface area is 251 Å². The molecule has 1 atom stereocenters. The molecule has 0 radical (unpaired) electrons. The maximum absolute atomic E-state index is 13.9. The molecule has 0 unspecified atom stereocenters. The Kier molecular flexibility index (Phi) is 6.74. The van der Waals surface area contributed by atoms with Crippen LogP contribution in [0.15, 0.2) is 36.8 Å². The monoisotopic (exact) mass is 661 g/mol. The normalized spacial score (nSPS) is 19.7. The number of alkyl halides is 8. The summed E-state index contributed by atoms with van der Waals surface area (Å²) in [4.78, 5) is 31.2. The minimum absolute atomic E-state index is 0.0118. The van der Waals surface area contributed by atoms with Crippen LogP contribution in [-0.4, -0.2) is 77.4 Å². The summed E-state index contributed by atoms with van der Waals surface area (Å²) in [7, 11) is 0. The number of aliphatic hydroxyl groups is 1. The first kappa shape index (κ1) is 31.3. The number of amides is 1. The lowest BCUT2D eigenvalue weighted by atomic mass is 9.77. The fourth-order valence-corrected chi connectivity index (χ4v) is 5.39. The molecular weight excluding hydrogens is 641 g/mol. The highest BCUT2D eigenvalue weighted by molar-refractivity contribution is 6.09. The minimum Gasteiger partial charge on any atom is -0.505 e. The lowest BCUT2D eigenvalue weighted by Gasteiger charge is -2.48. The predicted molar refractivity (Wildman–Crippen MR) is 140 cm³/mol. The number of hydrogen-bond acceptors (Lipinski definition) is 8. The number of carbonyl (C=O) groups is 1. The average molecular weight is 661 g/mol. The van der Waals surface area contributed by atoms with Crippen LogP contribution in [0.25, 0.3) is 17.2 Å². The Morgan fingerprint density at radius 2 is 1.74 bits per heavy atom. The molecular formula is C27H20F9N7O3. The van der Waals surface area contributed by atoms with Crippen LogP contribution in [0.4, 0.5) is 51.1 Å². The number of phenolic OH excluding ortho intramolecular Hbond substituents is 1. The highest BCUT2D eigenvalue weighted by atomic mass is 19.4. The second kappa shape index (κ2) is 9.91. The lowest BCUT2D eigenvalue weighted by molar-refractivity contribution is -0.284. The number of halogens is 9. The molecule has 1 amide bonds. The molecule has 1 aromatic carbocycles. The number of hydrogen-bond donors (Lipinski definition) is 3. The van der Waals surface area contributed by atoms with Crippen LogP contribution in [0.1, 0.15) is 30.2 Å². The van der Waals surface area contributed by atoms with Crippen molar-refractivity contribution in [2.75, 3.05) is 23.3 Å². The van der Waals surface area contributed by atoms with Gasteiger partial charge in [0.15, 0.2) is 28.6 Å². The number of rotatable bonds is 6. The fraction of sp³-hybridized carbons (Fsp3) is 0.370. The van der Waals surface area contributed by atoms with Crippen molar-refractivity contribution in [3.05, 3.63) is 59.4 Å². The highest BCUT2D eigenvalue weighted by Crippen LogP contribution is 2.50. The predicted octanol–water partition coefficient (Wildman–Crippen LogP) is 4.53. The van der Waals surface area contributed by atoms with Gasteiger partial charge in [0.25, 0.3) is 0 Å². The van der Waals surface area contributed by atoms with Crippen molar-refractivity contribution in [3.8, 4) is 17.3 Å². The van der Waals surface area contributed by atoms with Crippen molar-refractivity contribution in [2.45, 2.75) is 49.1 Å². The zero-order valence-electron chi connectivity index (χ0n) is 23.2. The standard InChI is InChI=1S/C27H20F9N7O3/c1-23(12-2-3-13(28)16(44)8-12)17-19(41-22(23)45)39-18(40-21(17)43-10-24(46,11-43)26(31,32)33)15-9-42-7-6-37-20(42)14(38-15)4-5-25(29,30)27(34,35)36/h2-3,6-9,44,46H,4-5,10-11H2,1H3,(H,39,40,41,45)/t23-/m1/s1. The summed E-state index contributed by atoms with van der Waals surface area (Å²) in [5, 5.41) is 22.6. The van der Waals surface area contributed by atoms with Crippen molar-refractivity contribution in [1.82, 2.24) is 24.3 Å². The number of aromatic hydroxyl groups is 1. The van der Waals surface area contributed by atoms with E-state index in [0.29, 0.717) is 0 Å². The van der Waals surface area contributed by atoms with Gasteiger partial charge in [0.05, 0.1) is 24.3 Å². The molecule has 6 rings (SSSR count). The number of nitrogens with one attached hydrogen (secondary N) is 1. The second-order valence-electron chi connectivity index (χ2n) is 11.2. The van der Waals surface area contributed by atoms with Crippen molar-refractivity contribution < 1.29 is 54.5 Å². The maximum atomic E-state index is 13.9. The van der Waals surface area contributed by atoms with Gasteiger partial charge in [0.2, 0.25) is 5.91 Å². The first-order chi connectivity index (χ1) is 21.2. The lowest BCUT2D eigenvalue weighted by Crippen LogP contribution is -2.69. The summed E-state index contributed by atoms with van der Waals surface area (Å²) in [6.07, 6.45) is -9.63. The van der Waals surface area contributed by atoms with Gasteiger partial charge < -0.3 is 24.8 Å². The molecule has 0 bridgehead atoms. The van der Waals surface area contributed by atoms with Crippen molar-refractivity contribution in [2.24, 2.45) is 0 Å². The van der Waals surface area contributed by atoms with Gasteiger partial charge in [0.1, 0.15) is 22.7 Å². The zero-order chi connectivity index (χ0) is 33.6. The van der Waals surface area contributed by atoms with Crippen LogP contribution >= 0.6 is 0 Å². The highest BCUT2D eigenvalue weighted by Gasteiger charge is 2.62. The number of aromatic nitrogens is 5. The Morgan fingerprint density at radius 3 is 2.37 bits per heavy atom. The van der Waals surface area contributed by atoms with Crippen molar-refractivity contribution >= 4 is 23.2 Å². The maximum Gasteiger partial charge on any atom is 0.453 e. The number of benzene rings is 1. The van der Waals surface area contributed by atoms with E-state index in [1.54, 1.807) is 0 Å². The molecule has 244 valence electrons. The molecule has 10 nitrogen and oxygen atoms in total. The first-order valence-corrected chi connectivity index (χ1v) is 13.3. The fourth-order valence-electron chi connectivity index (χ4n) is 5.39.